The topological polar surface area (TPSA) is 43.6 Å². The highest BCUT2D eigenvalue weighted by atomic mass is 35.5. The van der Waals surface area contributed by atoms with Crippen LogP contribution in [-0.4, -0.2) is 19.5 Å². The first-order valence-electron chi connectivity index (χ1n) is 3.06. The summed E-state index contributed by atoms with van der Waals surface area (Å²) in [6, 6.07) is 0. The molecule has 0 unspecified atom stereocenters. The molecular weight excluding hydrogens is 166 g/mol. The molecule has 0 bridgehead atoms. The number of rotatable bonds is 0. The van der Waals surface area contributed by atoms with Gasteiger partial charge in [0.2, 0.25) is 0 Å². The van der Waals surface area contributed by atoms with Gasteiger partial charge in [0.1, 0.15) is 11.8 Å². The average molecular weight is 171 g/mol. The van der Waals surface area contributed by atoms with Crippen LogP contribution < -0.4 is 0 Å². The van der Waals surface area contributed by atoms with Crippen molar-refractivity contribution in [2.24, 2.45) is 7.05 Å². The quantitative estimate of drug-likeness (QED) is 0.555. The third kappa shape index (κ3) is 0.867. The summed E-state index contributed by atoms with van der Waals surface area (Å²) >= 11 is 5.79. The van der Waals surface area contributed by atoms with E-state index in [1.807, 2.05) is 7.05 Å². The maximum absolute atomic E-state index is 5.79. The zero-order chi connectivity index (χ0) is 7.84. The Hall–Kier alpha value is -1.16. The number of nitrogens with zero attached hydrogens (tertiary/aromatic N) is 4. The van der Waals surface area contributed by atoms with Gasteiger partial charge in [-0.05, 0) is 0 Å². The lowest BCUT2D eigenvalue weighted by atomic mass is 10.6. The minimum Gasteiger partial charge on any atom is -0.330 e. The maximum Gasteiger partial charge on any atom is 0.182 e. The van der Waals surface area contributed by atoms with Crippen LogP contribution >= 0.6 is 11.6 Å². The Balaban J connectivity index is 2.96. The summed E-state index contributed by atoms with van der Waals surface area (Å²) in [5, 5.41) is 0.440. The molecule has 0 aromatic carbocycles. The van der Waals surface area contributed by atoms with Crippen LogP contribution in [0.2, 0.25) is 5.15 Å². The molecule has 0 saturated heterocycles. The molecule has 0 radical (unpaired) electrons. The van der Waals surface area contributed by atoms with Crippen molar-refractivity contribution in [3.05, 3.63) is 17.8 Å². The molecule has 2 aromatic heterocycles. The van der Waals surface area contributed by atoms with E-state index in [1.54, 1.807) is 10.9 Å². The Morgan fingerprint density at radius 3 is 2.91 bits per heavy atom. The highest BCUT2D eigenvalue weighted by Gasteiger charge is 2.04. The second-order valence-electron chi connectivity index (χ2n) is 2.19. The number of halogens is 1. The van der Waals surface area contributed by atoms with Gasteiger partial charge in [0, 0.05) is 7.05 Å². The smallest absolute Gasteiger partial charge is 0.182 e. The highest BCUT2D eigenvalue weighted by Crippen LogP contribution is 2.15. The molecule has 0 aliphatic rings. The first kappa shape index (κ1) is 6.54. The van der Waals surface area contributed by atoms with Crippen LogP contribution in [0.5, 0.6) is 0 Å². The SMILES string of the molecule is [14CH3]n1cnc2ncnc(Cl)c21. The molecule has 11 heavy (non-hydrogen) atoms. The van der Waals surface area contributed by atoms with Crippen LogP contribution in [0.25, 0.3) is 11.2 Å². The third-order valence-electron chi connectivity index (χ3n) is 1.46. The lowest BCUT2D eigenvalue weighted by Gasteiger charge is -1.93. The monoisotopic (exact) mass is 170 g/mol. The van der Waals surface area contributed by atoms with Gasteiger partial charge in [-0.15, -0.1) is 0 Å². The molecule has 0 N–H and O–H groups in total. The van der Waals surface area contributed by atoms with Crippen molar-refractivity contribution < 1.29 is 0 Å². The zero-order valence-electron chi connectivity index (χ0n) is 5.82. The average Bonchev–Trinajstić information content (AvgIpc) is 2.34. The second kappa shape index (κ2) is 2.17. The molecule has 0 amide bonds. The van der Waals surface area contributed by atoms with Crippen LogP contribution in [0.15, 0.2) is 12.7 Å². The second-order valence-corrected chi connectivity index (χ2v) is 2.55. The van der Waals surface area contributed by atoms with E-state index in [0.717, 1.165) is 5.52 Å². The van der Waals surface area contributed by atoms with Crippen molar-refractivity contribution >= 4 is 22.8 Å². The molecule has 56 valence electrons. The molecule has 0 aliphatic carbocycles. The van der Waals surface area contributed by atoms with Gasteiger partial charge in [-0.2, -0.15) is 0 Å². The van der Waals surface area contributed by atoms with Crippen LogP contribution in [-0.2, 0) is 7.05 Å². The van der Waals surface area contributed by atoms with Crippen LogP contribution in [0.4, 0.5) is 0 Å². The summed E-state index contributed by atoms with van der Waals surface area (Å²) in [5.41, 5.74) is 1.40. The Labute approximate surface area is 67.9 Å². The van der Waals surface area contributed by atoms with Crippen molar-refractivity contribution in [3.63, 3.8) is 0 Å². The summed E-state index contributed by atoms with van der Waals surface area (Å²) in [7, 11) is 1.85. The van der Waals surface area contributed by atoms with Crippen molar-refractivity contribution in [3.8, 4) is 0 Å². The number of aromatic nitrogens is 4. The number of fused-ring (bicyclic) bond motifs is 1. The van der Waals surface area contributed by atoms with E-state index in [4.69, 9.17) is 11.6 Å². The number of hydrogen-bond acceptors (Lipinski definition) is 3. The summed E-state index contributed by atoms with van der Waals surface area (Å²) < 4.78 is 1.79. The molecule has 2 rings (SSSR count). The molecular formula is C6H5ClN4. The summed E-state index contributed by atoms with van der Waals surface area (Å²) in [4.78, 5) is 11.8. The fraction of sp³-hybridized carbons (Fsp3) is 0.167. The predicted molar refractivity (Wildman–Crippen MR) is 41.3 cm³/mol. The minimum absolute atomic E-state index is 0.440. The largest absolute Gasteiger partial charge is 0.330 e. The van der Waals surface area contributed by atoms with Gasteiger partial charge in [0.15, 0.2) is 10.8 Å². The molecule has 0 fully saturated rings. The molecule has 0 spiro atoms. The standard InChI is InChI=1S/C6H5ClN4/c1-11-3-10-6-4(11)5(7)8-2-9-6/h2-3H,1H3/i1+2. The first-order valence-corrected chi connectivity index (χ1v) is 3.44. The number of aryl methyl sites for hydroxylation is 1. The molecule has 0 atom stereocenters. The van der Waals surface area contributed by atoms with Gasteiger partial charge < -0.3 is 4.57 Å². The van der Waals surface area contributed by atoms with E-state index < -0.39 is 0 Å². The van der Waals surface area contributed by atoms with Crippen molar-refractivity contribution in [2.75, 3.05) is 0 Å². The minimum atomic E-state index is 0.440. The molecule has 0 saturated carbocycles. The Morgan fingerprint density at radius 2 is 2.18 bits per heavy atom. The number of imidazole rings is 1. The molecule has 2 aromatic rings. The normalized spacial score (nSPS) is 10.7. The van der Waals surface area contributed by atoms with Gasteiger partial charge in [-0.1, -0.05) is 11.6 Å². The van der Waals surface area contributed by atoms with Crippen LogP contribution in [0.1, 0.15) is 0 Å². The van der Waals surface area contributed by atoms with Gasteiger partial charge in [0.05, 0.1) is 6.33 Å². The maximum atomic E-state index is 5.79. The van der Waals surface area contributed by atoms with E-state index >= 15 is 0 Å². The molecule has 0 aliphatic heterocycles. The highest BCUT2D eigenvalue weighted by molar-refractivity contribution is 6.33. The van der Waals surface area contributed by atoms with Gasteiger partial charge >= 0.3 is 0 Å². The zero-order valence-corrected chi connectivity index (χ0v) is 6.58. The van der Waals surface area contributed by atoms with E-state index in [2.05, 4.69) is 15.0 Å². The Bertz CT molecular complexity index is 394. The van der Waals surface area contributed by atoms with Gasteiger partial charge in [-0.3, -0.25) is 0 Å². The fourth-order valence-electron chi connectivity index (χ4n) is 0.946. The summed E-state index contributed by atoms with van der Waals surface area (Å²) in [5.74, 6) is 0. The van der Waals surface area contributed by atoms with Crippen molar-refractivity contribution in [1.82, 2.24) is 19.5 Å². The van der Waals surface area contributed by atoms with Crippen molar-refractivity contribution in [1.29, 1.82) is 0 Å². The Morgan fingerprint density at radius 1 is 1.36 bits per heavy atom. The van der Waals surface area contributed by atoms with E-state index in [-0.39, 0.29) is 0 Å². The van der Waals surface area contributed by atoms with E-state index in [0.29, 0.717) is 10.8 Å². The lowest BCUT2D eigenvalue weighted by molar-refractivity contribution is 0.944. The van der Waals surface area contributed by atoms with E-state index in [1.165, 1.54) is 6.33 Å². The molecule has 5 heteroatoms. The van der Waals surface area contributed by atoms with E-state index in [9.17, 15) is 0 Å². The van der Waals surface area contributed by atoms with Gasteiger partial charge in [0.25, 0.3) is 0 Å². The first-order chi connectivity index (χ1) is 5.29. The molecule has 2 heterocycles. The van der Waals surface area contributed by atoms with Crippen molar-refractivity contribution in [2.45, 2.75) is 0 Å². The lowest BCUT2D eigenvalue weighted by Crippen LogP contribution is -1.87. The summed E-state index contributed by atoms with van der Waals surface area (Å²) in [6.07, 6.45) is 3.06. The third-order valence-corrected chi connectivity index (χ3v) is 1.74. The fourth-order valence-corrected chi connectivity index (χ4v) is 1.21. The summed E-state index contributed by atoms with van der Waals surface area (Å²) in [6.45, 7) is 0. The number of hydrogen-bond donors (Lipinski definition) is 0. The van der Waals surface area contributed by atoms with Gasteiger partial charge in [-0.25, -0.2) is 15.0 Å². The van der Waals surface area contributed by atoms with Crippen LogP contribution in [0, 0.1) is 0 Å². The Kier molecular flexibility index (Phi) is 1.29. The molecule has 4 nitrogen and oxygen atoms in total. The predicted octanol–water partition coefficient (Wildman–Crippen LogP) is 1.02. The van der Waals surface area contributed by atoms with Crippen LogP contribution in [0.3, 0.4) is 0 Å².